The molecule has 4 aromatic rings. The second kappa shape index (κ2) is 12.0. The molecule has 0 bridgehead atoms. The number of nitrogens with zero attached hydrogens (tertiary/aromatic N) is 1. The van der Waals surface area contributed by atoms with Crippen LogP contribution >= 0.6 is 11.6 Å². The van der Waals surface area contributed by atoms with Crippen molar-refractivity contribution < 1.29 is 18.7 Å². The quantitative estimate of drug-likeness (QED) is 0.186. The van der Waals surface area contributed by atoms with Crippen molar-refractivity contribution in [2.45, 2.75) is 45.1 Å². The predicted octanol–water partition coefficient (Wildman–Crippen LogP) is 7.20. The molecule has 6 nitrogen and oxygen atoms in total. The first kappa shape index (κ1) is 26.8. The number of carbonyl (C=O) groups excluding carboxylic acids is 1. The van der Waals surface area contributed by atoms with Gasteiger partial charge in [0.25, 0.3) is 5.91 Å². The van der Waals surface area contributed by atoms with Gasteiger partial charge >= 0.3 is 0 Å². The van der Waals surface area contributed by atoms with E-state index in [0.717, 1.165) is 30.4 Å². The van der Waals surface area contributed by atoms with Crippen LogP contribution in [0.3, 0.4) is 0 Å². The lowest BCUT2D eigenvalue weighted by Gasteiger charge is -2.26. The Bertz CT molecular complexity index is 1530. The molecule has 0 spiro atoms. The lowest BCUT2D eigenvalue weighted by Crippen LogP contribution is -2.31. The van der Waals surface area contributed by atoms with Gasteiger partial charge in [-0.15, -0.1) is 0 Å². The number of halogens is 1. The van der Waals surface area contributed by atoms with E-state index in [9.17, 15) is 9.59 Å². The second-order valence-corrected chi connectivity index (χ2v) is 10.2. The molecule has 0 radical (unpaired) electrons. The Morgan fingerprint density at radius 2 is 1.77 bits per heavy atom. The van der Waals surface area contributed by atoms with Gasteiger partial charge in [-0.25, -0.2) is 0 Å². The molecule has 2 heterocycles. The Balaban J connectivity index is 1.54. The van der Waals surface area contributed by atoms with E-state index in [1.807, 2.05) is 48.5 Å². The van der Waals surface area contributed by atoms with Crippen LogP contribution < -0.4 is 14.9 Å². The van der Waals surface area contributed by atoms with Crippen LogP contribution in [0.4, 0.5) is 0 Å². The lowest BCUT2D eigenvalue weighted by atomic mass is 9.97. The van der Waals surface area contributed by atoms with Crippen molar-refractivity contribution in [1.82, 2.24) is 4.90 Å². The number of fused-ring (bicyclic) bond motifs is 2. The molecule has 0 aliphatic carbocycles. The van der Waals surface area contributed by atoms with Gasteiger partial charge in [-0.2, -0.15) is 0 Å². The van der Waals surface area contributed by atoms with E-state index in [4.69, 9.17) is 25.5 Å². The number of carbonyl (C=O) groups is 1. The Kier molecular flexibility index (Phi) is 8.22. The zero-order valence-electron chi connectivity index (χ0n) is 22.2. The van der Waals surface area contributed by atoms with Crippen molar-refractivity contribution in [2.75, 3.05) is 20.3 Å². The summed E-state index contributed by atoms with van der Waals surface area (Å²) in [5, 5.41) is 0.779. The van der Waals surface area contributed by atoms with Gasteiger partial charge in [-0.05, 0) is 54.3 Å². The van der Waals surface area contributed by atoms with Gasteiger partial charge in [-0.3, -0.25) is 9.59 Å². The number of unbranched alkanes of at least 4 members (excludes halogenated alkanes) is 3. The average molecular weight is 546 g/mol. The van der Waals surface area contributed by atoms with Crippen LogP contribution in [0.25, 0.3) is 11.0 Å². The molecule has 1 aliphatic heterocycles. The Morgan fingerprint density at radius 1 is 0.949 bits per heavy atom. The Morgan fingerprint density at radius 3 is 2.54 bits per heavy atom. The van der Waals surface area contributed by atoms with E-state index in [2.05, 4.69) is 6.92 Å². The van der Waals surface area contributed by atoms with Crippen LogP contribution in [0.15, 0.2) is 75.9 Å². The molecule has 0 saturated carbocycles. The molecule has 1 amide bonds. The van der Waals surface area contributed by atoms with Crippen LogP contribution in [-0.4, -0.2) is 31.1 Å². The van der Waals surface area contributed by atoms with E-state index < -0.39 is 6.04 Å². The Labute approximate surface area is 233 Å². The molecule has 1 aliphatic rings. The minimum Gasteiger partial charge on any atom is -0.493 e. The normalized spacial score (nSPS) is 14.6. The fourth-order valence-corrected chi connectivity index (χ4v) is 5.32. The van der Waals surface area contributed by atoms with Crippen molar-refractivity contribution in [2.24, 2.45) is 0 Å². The number of hydrogen-bond acceptors (Lipinski definition) is 5. The molecule has 3 aromatic carbocycles. The molecule has 1 unspecified atom stereocenters. The third kappa shape index (κ3) is 5.52. The highest BCUT2D eigenvalue weighted by Gasteiger charge is 2.42. The molecule has 1 atom stereocenters. The fourth-order valence-electron chi connectivity index (χ4n) is 5.15. The number of benzene rings is 3. The average Bonchev–Trinajstić information content (AvgIpc) is 3.24. The first-order valence-electron chi connectivity index (χ1n) is 13.4. The van der Waals surface area contributed by atoms with Gasteiger partial charge in [-0.1, -0.05) is 74.2 Å². The summed E-state index contributed by atoms with van der Waals surface area (Å²) in [5.41, 5.74) is 2.24. The lowest BCUT2D eigenvalue weighted by molar-refractivity contribution is 0.0730. The van der Waals surface area contributed by atoms with Crippen LogP contribution in [-0.2, 0) is 6.42 Å². The van der Waals surface area contributed by atoms with Gasteiger partial charge in [0.2, 0.25) is 5.76 Å². The molecule has 39 heavy (non-hydrogen) atoms. The minimum atomic E-state index is -0.636. The summed E-state index contributed by atoms with van der Waals surface area (Å²) in [6.45, 7) is 3.18. The van der Waals surface area contributed by atoms with E-state index >= 15 is 0 Å². The standard InChI is InChI=1S/C32H32ClNO5/c1-3-4-5-9-18-38-26-14-12-22(19-27(26)37-2)29-28-30(35)24-20-23(33)13-15-25(24)39-31(28)32(36)34(29)17-16-21-10-7-6-8-11-21/h6-8,10-15,19-20,29H,3-5,9,16-18H2,1-2H3. The number of hydrogen-bond donors (Lipinski definition) is 0. The third-order valence-corrected chi connectivity index (χ3v) is 7.41. The van der Waals surface area contributed by atoms with E-state index in [1.165, 1.54) is 6.42 Å². The zero-order chi connectivity index (χ0) is 27.4. The van der Waals surface area contributed by atoms with Gasteiger partial charge in [0.15, 0.2) is 16.9 Å². The van der Waals surface area contributed by atoms with Crippen molar-refractivity contribution in [3.05, 3.63) is 104 Å². The smallest absolute Gasteiger partial charge is 0.290 e. The highest BCUT2D eigenvalue weighted by molar-refractivity contribution is 6.31. The number of ether oxygens (including phenoxy) is 2. The maximum absolute atomic E-state index is 13.8. The summed E-state index contributed by atoms with van der Waals surface area (Å²) in [6.07, 6.45) is 5.05. The van der Waals surface area contributed by atoms with E-state index in [-0.39, 0.29) is 17.1 Å². The highest BCUT2D eigenvalue weighted by atomic mass is 35.5. The fraction of sp³-hybridized carbons (Fsp3) is 0.312. The molecule has 0 saturated heterocycles. The number of methoxy groups -OCH3 is 1. The molecule has 1 aromatic heterocycles. The van der Waals surface area contributed by atoms with Gasteiger partial charge in [0.1, 0.15) is 5.58 Å². The SMILES string of the molecule is CCCCCCOc1ccc(C2c3c(oc4ccc(Cl)cc4c3=O)C(=O)N2CCc2ccccc2)cc1OC. The van der Waals surface area contributed by atoms with Crippen LogP contribution in [0.5, 0.6) is 11.5 Å². The molecule has 0 fully saturated rings. The zero-order valence-corrected chi connectivity index (χ0v) is 23.0. The predicted molar refractivity (Wildman–Crippen MR) is 153 cm³/mol. The molecule has 5 rings (SSSR count). The van der Waals surface area contributed by atoms with Gasteiger partial charge in [0, 0.05) is 11.6 Å². The summed E-state index contributed by atoms with van der Waals surface area (Å²) in [5.74, 6) is 0.953. The second-order valence-electron chi connectivity index (χ2n) is 9.77. The third-order valence-electron chi connectivity index (χ3n) is 7.17. The van der Waals surface area contributed by atoms with Crippen molar-refractivity contribution >= 4 is 28.5 Å². The monoisotopic (exact) mass is 545 g/mol. The molecule has 0 N–H and O–H groups in total. The van der Waals surface area contributed by atoms with Crippen molar-refractivity contribution in [1.29, 1.82) is 0 Å². The highest BCUT2D eigenvalue weighted by Crippen LogP contribution is 2.41. The summed E-state index contributed by atoms with van der Waals surface area (Å²) in [7, 11) is 1.59. The minimum absolute atomic E-state index is 0.0723. The van der Waals surface area contributed by atoms with E-state index in [1.54, 1.807) is 30.2 Å². The summed E-state index contributed by atoms with van der Waals surface area (Å²) in [6, 6.07) is 19.8. The summed E-state index contributed by atoms with van der Waals surface area (Å²) < 4.78 is 17.7. The van der Waals surface area contributed by atoms with E-state index in [0.29, 0.717) is 52.6 Å². The van der Waals surface area contributed by atoms with Crippen LogP contribution in [0, 0.1) is 0 Å². The molecular weight excluding hydrogens is 514 g/mol. The largest absolute Gasteiger partial charge is 0.493 e. The Hall–Kier alpha value is -3.77. The van der Waals surface area contributed by atoms with Crippen molar-refractivity contribution in [3.63, 3.8) is 0 Å². The molecule has 7 heteroatoms. The topological polar surface area (TPSA) is 69.0 Å². The van der Waals surface area contributed by atoms with Gasteiger partial charge < -0.3 is 18.8 Å². The summed E-state index contributed by atoms with van der Waals surface area (Å²) >= 11 is 6.21. The van der Waals surface area contributed by atoms with Crippen LogP contribution in [0.1, 0.15) is 65.9 Å². The summed E-state index contributed by atoms with van der Waals surface area (Å²) in [4.78, 5) is 29.3. The molecular formula is C32H32ClNO5. The van der Waals surface area contributed by atoms with Crippen LogP contribution in [0.2, 0.25) is 5.02 Å². The maximum Gasteiger partial charge on any atom is 0.290 e. The first-order chi connectivity index (χ1) is 19.0. The maximum atomic E-state index is 13.8. The first-order valence-corrected chi connectivity index (χ1v) is 13.8. The van der Waals surface area contributed by atoms with Crippen molar-refractivity contribution in [3.8, 4) is 11.5 Å². The number of amides is 1. The molecule has 202 valence electrons. The van der Waals surface area contributed by atoms with Gasteiger partial charge in [0.05, 0.1) is 30.7 Å². The number of rotatable bonds is 11.